The molecule has 0 unspecified atom stereocenters. The monoisotopic (exact) mass is 472 g/mol. The highest BCUT2D eigenvalue weighted by Gasteiger charge is 2.72. The summed E-state index contributed by atoms with van der Waals surface area (Å²) in [7, 11) is 6.56. The van der Waals surface area contributed by atoms with Gasteiger partial charge in [-0.15, -0.1) is 0 Å². The molecule has 2 bridgehead atoms. The summed E-state index contributed by atoms with van der Waals surface area (Å²) >= 11 is 0. The summed E-state index contributed by atoms with van der Waals surface area (Å²) in [4.78, 5) is 6.30. The zero-order valence-electron chi connectivity index (χ0n) is 20.8. The number of piperidine rings is 1. The first kappa shape index (κ1) is 20.6. The highest BCUT2D eigenvalue weighted by Crippen LogP contribution is 2.69. The standard InChI is InChI=1S/C29H33N3O3/c1-32(2,3)18-7-8-21-19(13-18)20-14-29(34)23-12-17-6-9-22(33)26-24(17)28(29,27(35-26)25(20)30-21)10-11-31(23)15-16-4-5-16/h6-9,13,16,23,27,30,34H,4-5,10-12,14-15H2,1-3H3/p+1/t23-,27-,28-,29+/m0/s1. The minimum atomic E-state index is -0.939. The van der Waals surface area contributed by atoms with Crippen molar-refractivity contribution in [1.82, 2.24) is 14.4 Å². The van der Waals surface area contributed by atoms with Crippen molar-refractivity contribution in [1.29, 1.82) is 0 Å². The molecule has 5 aliphatic rings. The molecule has 3 aliphatic carbocycles. The normalized spacial score (nSPS) is 32.9. The van der Waals surface area contributed by atoms with Crippen LogP contribution in [0, 0.1) is 5.92 Å². The van der Waals surface area contributed by atoms with E-state index in [1.165, 1.54) is 35.0 Å². The summed E-state index contributed by atoms with van der Waals surface area (Å²) in [6.45, 7) is 2.06. The van der Waals surface area contributed by atoms with Gasteiger partial charge < -0.3 is 19.9 Å². The number of aliphatic hydroxyl groups is 1. The molecule has 8 rings (SSSR count). The van der Waals surface area contributed by atoms with Crippen LogP contribution in [0.5, 0.6) is 11.5 Å². The summed E-state index contributed by atoms with van der Waals surface area (Å²) in [5.74, 6) is 1.57. The van der Waals surface area contributed by atoms with Gasteiger partial charge in [0.2, 0.25) is 0 Å². The predicted octanol–water partition coefficient (Wildman–Crippen LogP) is 3.77. The molecule has 3 N–H and O–H groups in total. The van der Waals surface area contributed by atoms with Crippen molar-refractivity contribution >= 4 is 16.6 Å². The summed E-state index contributed by atoms with van der Waals surface area (Å²) in [6, 6.07) is 10.6. The molecule has 4 atom stereocenters. The molecule has 0 radical (unpaired) electrons. The number of hydrogen-bond acceptors (Lipinski definition) is 4. The maximum Gasteiger partial charge on any atom is 0.166 e. The van der Waals surface area contributed by atoms with Gasteiger partial charge >= 0.3 is 0 Å². The van der Waals surface area contributed by atoms with Crippen LogP contribution in [0.2, 0.25) is 0 Å². The van der Waals surface area contributed by atoms with Gasteiger partial charge in [-0.25, -0.2) is 0 Å². The number of aromatic nitrogens is 1. The molecule has 1 saturated heterocycles. The molecule has 1 aromatic heterocycles. The van der Waals surface area contributed by atoms with Crippen molar-refractivity contribution < 1.29 is 14.9 Å². The number of quaternary nitrogens is 1. The number of phenols is 1. The molecule has 2 aliphatic heterocycles. The molecule has 1 spiro atoms. The van der Waals surface area contributed by atoms with Crippen LogP contribution in [0.1, 0.15) is 47.8 Å². The number of aromatic amines is 1. The summed E-state index contributed by atoms with van der Waals surface area (Å²) in [6.07, 6.45) is 4.58. The van der Waals surface area contributed by atoms with Crippen LogP contribution in [0.3, 0.4) is 0 Å². The van der Waals surface area contributed by atoms with Crippen molar-refractivity contribution in [3.63, 3.8) is 0 Å². The van der Waals surface area contributed by atoms with E-state index in [9.17, 15) is 10.2 Å². The number of aromatic hydroxyl groups is 1. The summed E-state index contributed by atoms with van der Waals surface area (Å²) in [5, 5.41) is 25.0. The minimum absolute atomic E-state index is 0.0608. The molecule has 6 heteroatoms. The van der Waals surface area contributed by atoms with Crippen molar-refractivity contribution in [2.45, 2.75) is 55.3 Å². The number of rotatable bonds is 3. The van der Waals surface area contributed by atoms with Gasteiger partial charge in [-0.1, -0.05) is 6.07 Å². The van der Waals surface area contributed by atoms with Gasteiger partial charge in [0.15, 0.2) is 17.6 Å². The van der Waals surface area contributed by atoms with E-state index in [2.05, 4.69) is 55.3 Å². The lowest BCUT2D eigenvalue weighted by molar-refractivity contribution is -0.173. The lowest BCUT2D eigenvalue weighted by atomic mass is 9.49. The lowest BCUT2D eigenvalue weighted by Gasteiger charge is -2.62. The highest BCUT2D eigenvalue weighted by atomic mass is 16.5. The Hall–Kier alpha value is -2.54. The number of hydrogen-bond donors (Lipinski definition) is 3. The Labute approximate surface area is 205 Å². The fourth-order valence-corrected chi connectivity index (χ4v) is 8.03. The first-order valence-corrected chi connectivity index (χ1v) is 13.2. The second-order valence-corrected chi connectivity index (χ2v) is 12.7. The van der Waals surface area contributed by atoms with Gasteiger partial charge in [0.05, 0.1) is 37.9 Å². The van der Waals surface area contributed by atoms with Crippen LogP contribution >= 0.6 is 0 Å². The Morgan fingerprint density at radius 1 is 1.17 bits per heavy atom. The third kappa shape index (κ3) is 2.41. The maximum atomic E-state index is 12.9. The van der Waals surface area contributed by atoms with Crippen molar-refractivity contribution in [2.75, 3.05) is 34.2 Å². The van der Waals surface area contributed by atoms with E-state index in [0.29, 0.717) is 12.2 Å². The molecule has 3 aromatic rings. The average Bonchev–Trinajstić information content (AvgIpc) is 3.44. The zero-order chi connectivity index (χ0) is 23.9. The maximum absolute atomic E-state index is 12.9. The fraction of sp³-hybridized carbons (Fsp3) is 0.517. The number of nitrogens with zero attached hydrogens (tertiary/aromatic N) is 2. The molecule has 2 aromatic carbocycles. The van der Waals surface area contributed by atoms with Crippen LogP contribution in [0.4, 0.5) is 5.69 Å². The topological polar surface area (TPSA) is 68.7 Å². The predicted molar refractivity (Wildman–Crippen MR) is 136 cm³/mol. The van der Waals surface area contributed by atoms with Crippen LogP contribution in [-0.4, -0.2) is 66.0 Å². The fourth-order valence-electron chi connectivity index (χ4n) is 8.03. The third-order valence-corrected chi connectivity index (χ3v) is 9.92. The number of benzene rings is 2. The van der Waals surface area contributed by atoms with Gasteiger partial charge in [-0.3, -0.25) is 9.38 Å². The van der Waals surface area contributed by atoms with Crippen molar-refractivity contribution in [3.05, 3.63) is 52.7 Å². The van der Waals surface area contributed by atoms with Gasteiger partial charge in [0, 0.05) is 47.6 Å². The van der Waals surface area contributed by atoms with E-state index in [0.717, 1.165) is 53.1 Å². The van der Waals surface area contributed by atoms with E-state index in [1.54, 1.807) is 6.07 Å². The van der Waals surface area contributed by atoms with Crippen LogP contribution in [-0.2, 0) is 18.3 Å². The van der Waals surface area contributed by atoms with E-state index >= 15 is 0 Å². The highest BCUT2D eigenvalue weighted by molar-refractivity contribution is 5.89. The second kappa shape index (κ2) is 6.23. The first-order chi connectivity index (χ1) is 16.7. The molecule has 0 amide bonds. The number of fused-ring (bicyclic) bond motifs is 4. The number of phenolic OH excluding ortho intramolecular Hbond substituents is 1. The van der Waals surface area contributed by atoms with E-state index in [4.69, 9.17) is 4.74 Å². The Balaban J connectivity index is 1.39. The van der Waals surface area contributed by atoms with Gasteiger partial charge in [-0.2, -0.15) is 0 Å². The molecular weight excluding hydrogens is 438 g/mol. The number of nitrogens with one attached hydrogen (secondary N) is 1. The van der Waals surface area contributed by atoms with E-state index in [1.807, 2.05) is 0 Å². The minimum Gasteiger partial charge on any atom is -0.504 e. The first-order valence-electron chi connectivity index (χ1n) is 13.2. The number of likely N-dealkylation sites (tertiary alicyclic amines) is 1. The van der Waals surface area contributed by atoms with Gasteiger partial charge in [-0.05, 0) is 61.4 Å². The van der Waals surface area contributed by atoms with Gasteiger partial charge in [0.1, 0.15) is 5.69 Å². The quantitative estimate of drug-likeness (QED) is 0.508. The van der Waals surface area contributed by atoms with Crippen molar-refractivity contribution in [2.24, 2.45) is 5.92 Å². The van der Waals surface area contributed by atoms with Crippen molar-refractivity contribution in [3.8, 4) is 11.5 Å². The third-order valence-electron chi connectivity index (χ3n) is 9.92. The van der Waals surface area contributed by atoms with E-state index < -0.39 is 11.0 Å². The Morgan fingerprint density at radius 2 is 2.00 bits per heavy atom. The molecule has 6 nitrogen and oxygen atoms in total. The number of H-pyrrole nitrogens is 1. The average molecular weight is 473 g/mol. The molecular formula is C29H34N3O3+. The van der Waals surface area contributed by atoms with E-state index in [-0.39, 0.29) is 17.9 Å². The second-order valence-electron chi connectivity index (χ2n) is 12.7. The van der Waals surface area contributed by atoms with Crippen LogP contribution in [0.25, 0.3) is 10.9 Å². The SMILES string of the molecule is C[N+](C)(C)c1ccc2[nH]c3c(c2c1)C[C@@]1(O)[C@@H]2Cc4ccc(O)c5c4[C@@]1(CCN2CC1CC1)[C@H]3O5. The largest absolute Gasteiger partial charge is 0.504 e. The Kier molecular flexibility index (Phi) is 3.67. The molecule has 1 saturated carbocycles. The number of ether oxygens (including phenoxy) is 1. The summed E-state index contributed by atoms with van der Waals surface area (Å²) in [5.41, 5.74) is 5.45. The molecule has 2 fully saturated rings. The Bertz CT molecular complexity index is 1420. The Morgan fingerprint density at radius 3 is 2.77 bits per heavy atom. The smallest absolute Gasteiger partial charge is 0.166 e. The molecule has 3 heterocycles. The van der Waals surface area contributed by atoms with Gasteiger partial charge in [0.25, 0.3) is 0 Å². The van der Waals surface area contributed by atoms with Crippen LogP contribution in [0.15, 0.2) is 30.3 Å². The van der Waals surface area contributed by atoms with Crippen LogP contribution < -0.4 is 9.22 Å². The zero-order valence-corrected chi connectivity index (χ0v) is 20.8. The molecule has 35 heavy (non-hydrogen) atoms. The summed E-state index contributed by atoms with van der Waals surface area (Å²) < 4.78 is 7.43. The lowest BCUT2D eigenvalue weighted by Crippen LogP contribution is -2.74. The molecule has 182 valence electrons.